The Bertz CT molecular complexity index is 1930. The Balaban J connectivity index is 1.39. The van der Waals surface area contributed by atoms with Gasteiger partial charge in [0.05, 0.1) is 22.5 Å². The molecule has 0 saturated heterocycles. The molecule has 1 atom stereocenters. The largest absolute Gasteiger partial charge is 0.366 e. The molecule has 45 heavy (non-hydrogen) atoms. The van der Waals surface area contributed by atoms with Crippen LogP contribution >= 0.6 is 0 Å². The minimum atomic E-state index is -0.875. The molecule has 5 aromatic rings. The first-order valence-electron chi connectivity index (χ1n) is 15.0. The predicted molar refractivity (Wildman–Crippen MR) is 167 cm³/mol. The molecule has 0 radical (unpaired) electrons. The van der Waals surface area contributed by atoms with Gasteiger partial charge in [-0.3, -0.25) is 14.6 Å². The van der Waals surface area contributed by atoms with Crippen molar-refractivity contribution in [3.63, 3.8) is 0 Å². The fourth-order valence-corrected chi connectivity index (χ4v) is 6.23. The standard InChI is InChI=1S/C36H33F3N4O2/c1-20(2)15-29-33(35(40)44)32(34-30(42-29)19-26(41-36(34)45)16-21-3-7-25(37)8-4-21)24-6-10-31-23(18-24)12-14-43(31)13-11-22-5-9-27(38)28(39)17-22/h3-10,12,14,17-18,20,26H,11,13,15-16,19H2,1-2H3,(H2,40,44)(H,41,45)/t26-/m0/s1. The molecule has 0 saturated carbocycles. The number of rotatable bonds is 9. The van der Waals surface area contributed by atoms with Gasteiger partial charge in [-0.1, -0.05) is 38.1 Å². The molecule has 0 unspecified atom stereocenters. The molecule has 3 heterocycles. The van der Waals surface area contributed by atoms with Crippen molar-refractivity contribution in [1.82, 2.24) is 14.9 Å². The maximum Gasteiger partial charge on any atom is 0.254 e. The van der Waals surface area contributed by atoms with Crippen LogP contribution < -0.4 is 11.1 Å². The lowest BCUT2D eigenvalue weighted by Crippen LogP contribution is -2.44. The zero-order valence-corrected chi connectivity index (χ0v) is 25.0. The summed E-state index contributed by atoms with van der Waals surface area (Å²) in [7, 11) is 0. The van der Waals surface area contributed by atoms with Crippen LogP contribution in [0.25, 0.3) is 22.0 Å². The van der Waals surface area contributed by atoms with E-state index in [0.29, 0.717) is 65.9 Å². The number of carbonyl (C=O) groups is 2. The summed E-state index contributed by atoms with van der Waals surface area (Å²) in [5.74, 6) is -2.88. The van der Waals surface area contributed by atoms with Gasteiger partial charge >= 0.3 is 0 Å². The molecule has 2 amide bonds. The van der Waals surface area contributed by atoms with E-state index in [4.69, 9.17) is 10.7 Å². The number of hydrogen-bond donors (Lipinski definition) is 2. The minimum absolute atomic E-state index is 0.181. The van der Waals surface area contributed by atoms with Crippen LogP contribution in [0.2, 0.25) is 0 Å². The molecule has 3 aromatic carbocycles. The number of carbonyl (C=O) groups excluding carboxylic acids is 2. The van der Waals surface area contributed by atoms with E-state index in [2.05, 4.69) is 5.32 Å². The molecule has 6 rings (SSSR count). The molecule has 0 bridgehead atoms. The van der Waals surface area contributed by atoms with E-state index in [1.165, 1.54) is 18.2 Å². The van der Waals surface area contributed by atoms with Gasteiger partial charge in [0, 0.05) is 41.7 Å². The van der Waals surface area contributed by atoms with E-state index in [9.17, 15) is 22.8 Å². The maximum absolute atomic E-state index is 13.8. The van der Waals surface area contributed by atoms with Crippen LogP contribution in [0, 0.1) is 23.4 Å². The highest BCUT2D eigenvalue weighted by Gasteiger charge is 2.33. The normalized spacial score (nSPS) is 14.5. The number of pyridine rings is 1. The molecular weight excluding hydrogens is 577 g/mol. The minimum Gasteiger partial charge on any atom is -0.366 e. The Morgan fingerprint density at radius 2 is 1.73 bits per heavy atom. The van der Waals surface area contributed by atoms with Crippen LogP contribution in [-0.4, -0.2) is 27.4 Å². The summed E-state index contributed by atoms with van der Waals surface area (Å²) in [6.45, 7) is 4.61. The molecule has 1 aliphatic heterocycles. The molecule has 3 N–H and O–H groups in total. The van der Waals surface area contributed by atoms with Gasteiger partial charge in [0.25, 0.3) is 11.8 Å². The van der Waals surface area contributed by atoms with Crippen molar-refractivity contribution in [2.45, 2.75) is 52.1 Å². The molecule has 230 valence electrons. The lowest BCUT2D eigenvalue weighted by atomic mass is 9.85. The van der Waals surface area contributed by atoms with Gasteiger partial charge in [-0.25, -0.2) is 13.2 Å². The number of primary amides is 1. The Hall–Kier alpha value is -4.92. The number of benzene rings is 3. The lowest BCUT2D eigenvalue weighted by Gasteiger charge is -2.29. The number of aromatic nitrogens is 2. The van der Waals surface area contributed by atoms with E-state index < -0.39 is 17.5 Å². The zero-order chi connectivity index (χ0) is 31.8. The van der Waals surface area contributed by atoms with Crippen LogP contribution in [0.15, 0.2) is 72.9 Å². The molecule has 0 fully saturated rings. The molecule has 6 nitrogen and oxygen atoms in total. The quantitative estimate of drug-likeness (QED) is 0.198. The molecule has 0 aliphatic carbocycles. The van der Waals surface area contributed by atoms with Crippen molar-refractivity contribution < 1.29 is 22.8 Å². The number of halogens is 3. The summed E-state index contributed by atoms with van der Waals surface area (Å²) in [4.78, 5) is 31.7. The smallest absolute Gasteiger partial charge is 0.254 e. The Labute approximate surface area is 259 Å². The van der Waals surface area contributed by atoms with Crippen molar-refractivity contribution in [3.8, 4) is 11.1 Å². The first kappa shape index (κ1) is 30.1. The summed E-state index contributed by atoms with van der Waals surface area (Å²) < 4.78 is 42.6. The van der Waals surface area contributed by atoms with E-state index in [1.807, 2.05) is 48.9 Å². The SMILES string of the molecule is CC(C)Cc1nc2c(c(-c3ccc4c(ccn4CCc4ccc(F)c(F)c4)c3)c1C(N)=O)C(=O)N[C@@H](Cc1ccc(F)cc1)C2. The fraction of sp³-hybridized carbons (Fsp3) is 0.250. The summed E-state index contributed by atoms with van der Waals surface area (Å²) in [6.07, 6.45) is 3.87. The topological polar surface area (TPSA) is 90.0 Å². The summed E-state index contributed by atoms with van der Waals surface area (Å²) in [6, 6.07) is 17.5. The van der Waals surface area contributed by atoms with Gasteiger partial charge in [-0.15, -0.1) is 0 Å². The number of amides is 2. The van der Waals surface area contributed by atoms with Gasteiger partial charge in [-0.05, 0) is 84.3 Å². The summed E-state index contributed by atoms with van der Waals surface area (Å²) in [5.41, 5.74) is 11.4. The average Bonchev–Trinajstić information content (AvgIpc) is 3.40. The molecule has 0 spiro atoms. The summed E-state index contributed by atoms with van der Waals surface area (Å²) in [5, 5.41) is 3.96. The maximum atomic E-state index is 13.8. The average molecular weight is 611 g/mol. The highest BCUT2D eigenvalue weighted by atomic mass is 19.2. The van der Waals surface area contributed by atoms with E-state index in [-0.39, 0.29) is 29.2 Å². The van der Waals surface area contributed by atoms with E-state index >= 15 is 0 Å². The zero-order valence-electron chi connectivity index (χ0n) is 25.0. The number of nitrogens with one attached hydrogen (secondary N) is 1. The van der Waals surface area contributed by atoms with Gasteiger partial charge in [0.2, 0.25) is 0 Å². The van der Waals surface area contributed by atoms with Crippen molar-refractivity contribution in [2.24, 2.45) is 11.7 Å². The molecule has 2 aromatic heterocycles. The number of nitrogens with zero attached hydrogens (tertiary/aromatic N) is 2. The summed E-state index contributed by atoms with van der Waals surface area (Å²) >= 11 is 0. The Kier molecular flexibility index (Phi) is 8.18. The van der Waals surface area contributed by atoms with Crippen molar-refractivity contribution in [2.75, 3.05) is 0 Å². The number of fused-ring (bicyclic) bond motifs is 2. The first-order chi connectivity index (χ1) is 21.6. The third-order valence-corrected chi connectivity index (χ3v) is 8.28. The first-order valence-corrected chi connectivity index (χ1v) is 15.0. The lowest BCUT2D eigenvalue weighted by molar-refractivity contribution is 0.0924. The number of hydrogen-bond acceptors (Lipinski definition) is 3. The Morgan fingerprint density at radius 3 is 2.44 bits per heavy atom. The van der Waals surface area contributed by atoms with Crippen LogP contribution in [-0.2, 0) is 32.2 Å². The van der Waals surface area contributed by atoms with Crippen molar-refractivity contribution in [1.29, 1.82) is 0 Å². The van der Waals surface area contributed by atoms with Gasteiger partial charge in [-0.2, -0.15) is 0 Å². The van der Waals surface area contributed by atoms with Crippen LogP contribution in [0.3, 0.4) is 0 Å². The third-order valence-electron chi connectivity index (χ3n) is 8.28. The van der Waals surface area contributed by atoms with Crippen molar-refractivity contribution in [3.05, 3.63) is 124 Å². The highest BCUT2D eigenvalue weighted by molar-refractivity contribution is 6.11. The monoisotopic (exact) mass is 610 g/mol. The highest BCUT2D eigenvalue weighted by Crippen LogP contribution is 2.36. The second-order valence-electron chi connectivity index (χ2n) is 12.1. The fourth-order valence-electron chi connectivity index (χ4n) is 6.23. The molecule has 9 heteroatoms. The number of aryl methyl sites for hydroxylation is 2. The van der Waals surface area contributed by atoms with Crippen molar-refractivity contribution >= 4 is 22.7 Å². The second kappa shape index (κ2) is 12.2. The second-order valence-corrected chi connectivity index (χ2v) is 12.1. The number of nitrogens with two attached hydrogens (primary N) is 1. The van der Waals surface area contributed by atoms with Gasteiger partial charge < -0.3 is 15.6 Å². The van der Waals surface area contributed by atoms with Gasteiger partial charge in [0.1, 0.15) is 5.82 Å². The van der Waals surface area contributed by atoms with Gasteiger partial charge in [0.15, 0.2) is 11.6 Å². The third kappa shape index (κ3) is 6.20. The van der Waals surface area contributed by atoms with Crippen LogP contribution in [0.4, 0.5) is 13.2 Å². The predicted octanol–water partition coefficient (Wildman–Crippen LogP) is 6.56. The van der Waals surface area contributed by atoms with E-state index in [0.717, 1.165) is 22.5 Å². The molecule has 1 aliphatic rings. The van der Waals surface area contributed by atoms with E-state index in [1.54, 1.807) is 18.2 Å². The van der Waals surface area contributed by atoms with Crippen LogP contribution in [0.1, 0.15) is 57.1 Å². The molecular formula is C36H33F3N4O2. The van der Waals surface area contributed by atoms with Crippen LogP contribution in [0.5, 0.6) is 0 Å². The Morgan fingerprint density at radius 1 is 0.978 bits per heavy atom.